The predicted octanol–water partition coefficient (Wildman–Crippen LogP) is 2.98. The van der Waals surface area contributed by atoms with Crippen LogP contribution in [-0.4, -0.2) is 13.0 Å². The Bertz CT molecular complexity index is 309. The molecule has 1 N–H and O–H groups in total. The van der Waals surface area contributed by atoms with Crippen LogP contribution in [0.2, 0.25) is 0 Å². The van der Waals surface area contributed by atoms with Gasteiger partial charge >= 0.3 is 0 Å². The Hall–Kier alpha value is 0.234. The van der Waals surface area contributed by atoms with Crippen molar-refractivity contribution in [1.82, 2.24) is 0 Å². The van der Waals surface area contributed by atoms with Crippen molar-refractivity contribution in [2.45, 2.75) is 32.6 Å². The molecular formula is C10H18O3SY. The van der Waals surface area contributed by atoms with Crippen molar-refractivity contribution in [3.05, 3.63) is 30.3 Å². The molecule has 0 aliphatic heterocycles. The van der Waals surface area contributed by atoms with E-state index in [4.69, 9.17) is 4.55 Å². The minimum atomic E-state index is -4.00. The molecule has 1 aromatic carbocycles. The fourth-order valence-electron chi connectivity index (χ4n) is 0.592. The molecule has 5 heteroatoms. The molecule has 3 nitrogen and oxygen atoms in total. The summed E-state index contributed by atoms with van der Waals surface area (Å²) in [6.45, 7) is 8.00. The number of rotatable bonds is 1. The number of benzene rings is 1. The molecule has 0 amide bonds. The topological polar surface area (TPSA) is 54.4 Å². The largest absolute Gasteiger partial charge is 0.294 e. The molecule has 0 aliphatic carbocycles. The molecule has 0 aliphatic rings. The van der Waals surface area contributed by atoms with Crippen LogP contribution >= 0.6 is 0 Å². The third kappa shape index (κ3) is 10.5. The van der Waals surface area contributed by atoms with Crippen LogP contribution in [0, 0.1) is 0 Å². The fourth-order valence-corrected chi connectivity index (χ4v) is 1.09. The summed E-state index contributed by atoms with van der Waals surface area (Å²) in [6, 6.07) is 7.42. The zero-order valence-corrected chi connectivity index (χ0v) is 13.3. The van der Waals surface area contributed by atoms with Crippen LogP contribution in [0.15, 0.2) is 35.2 Å². The van der Waals surface area contributed by atoms with Gasteiger partial charge in [0.1, 0.15) is 0 Å². The molecule has 0 unspecified atom stereocenters. The monoisotopic (exact) mass is 307 g/mol. The van der Waals surface area contributed by atoms with Crippen molar-refractivity contribution < 1.29 is 45.7 Å². The van der Waals surface area contributed by atoms with Gasteiger partial charge in [0.2, 0.25) is 0 Å². The molecule has 0 aromatic heterocycles. The van der Waals surface area contributed by atoms with Gasteiger partial charge in [-0.25, -0.2) is 0 Å². The van der Waals surface area contributed by atoms with E-state index in [0.29, 0.717) is 0 Å². The van der Waals surface area contributed by atoms with Crippen molar-refractivity contribution in [3.63, 3.8) is 0 Å². The van der Waals surface area contributed by atoms with Crippen molar-refractivity contribution in [2.24, 2.45) is 0 Å². The molecular weight excluding hydrogens is 289 g/mol. The van der Waals surface area contributed by atoms with Crippen LogP contribution in [0.25, 0.3) is 0 Å². The maximum absolute atomic E-state index is 10.4. The summed E-state index contributed by atoms with van der Waals surface area (Å²) in [5.41, 5.74) is 0. The van der Waals surface area contributed by atoms with E-state index in [1.165, 1.54) is 12.1 Å². The molecule has 1 rings (SSSR count). The van der Waals surface area contributed by atoms with E-state index in [-0.39, 0.29) is 37.6 Å². The van der Waals surface area contributed by atoms with Crippen molar-refractivity contribution in [1.29, 1.82) is 0 Å². The molecule has 85 valence electrons. The van der Waals surface area contributed by atoms with Gasteiger partial charge in [0.05, 0.1) is 4.90 Å². The maximum Gasteiger partial charge on any atom is 0.294 e. The van der Waals surface area contributed by atoms with E-state index in [0.717, 1.165) is 0 Å². The Morgan fingerprint density at radius 2 is 1.27 bits per heavy atom. The molecule has 0 fully saturated rings. The summed E-state index contributed by atoms with van der Waals surface area (Å²) < 4.78 is 29.2. The van der Waals surface area contributed by atoms with Gasteiger partial charge in [-0.05, 0) is 12.1 Å². The van der Waals surface area contributed by atoms with Gasteiger partial charge < -0.3 is 0 Å². The second-order valence-electron chi connectivity index (χ2n) is 1.79. The Labute approximate surface area is 118 Å². The van der Waals surface area contributed by atoms with Gasteiger partial charge in [0.25, 0.3) is 10.1 Å². The third-order valence-corrected chi connectivity index (χ3v) is 1.91. The maximum atomic E-state index is 10.4. The molecule has 1 radical (unpaired) electrons. The molecule has 0 heterocycles. The second kappa shape index (κ2) is 12.3. The van der Waals surface area contributed by atoms with Gasteiger partial charge in [0.15, 0.2) is 0 Å². The van der Waals surface area contributed by atoms with E-state index >= 15 is 0 Å². The fraction of sp³-hybridized carbons (Fsp3) is 0.400. The first-order chi connectivity index (χ1) is 6.61. The Morgan fingerprint density at radius 3 is 1.47 bits per heavy atom. The SMILES string of the molecule is CC.CC.O=S(=O)(O)c1ccccc1.[Y]. The zero-order valence-electron chi connectivity index (χ0n) is 9.64. The third-order valence-electron chi connectivity index (χ3n) is 1.04. The van der Waals surface area contributed by atoms with Crippen LogP contribution in [-0.2, 0) is 42.8 Å². The quantitative estimate of drug-likeness (QED) is 0.812. The van der Waals surface area contributed by atoms with Crippen LogP contribution in [0.1, 0.15) is 27.7 Å². The van der Waals surface area contributed by atoms with Crippen LogP contribution in [0.5, 0.6) is 0 Å². The molecule has 1 aromatic rings. The van der Waals surface area contributed by atoms with Crippen LogP contribution in [0.4, 0.5) is 0 Å². The molecule has 0 bridgehead atoms. The Kier molecular flexibility index (Phi) is 16.9. The minimum Gasteiger partial charge on any atom is -0.282 e. The first kappa shape index (κ1) is 20.6. The van der Waals surface area contributed by atoms with E-state index < -0.39 is 10.1 Å². The summed E-state index contributed by atoms with van der Waals surface area (Å²) >= 11 is 0. The van der Waals surface area contributed by atoms with Gasteiger partial charge in [-0.2, -0.15) is 8.42 Å². The van der Waals surface area contributed by atoms with Crippen molar-refractivity contribution in [3.8, 4) is 0 Å². The summed E-state index contributed by atoms with van der Waals surface area (Å²) in [7, 11) is -4.00. The molecule has 0 spiro atoms. The van der Waals surface area contributed by atoms with Gasteiger partial charge in [-0.1, -0.05) is 45.9 Å². The summed E-state index contributed by atoms with van der Waals surface area (Å²) in [5, 5.41) is 0. The average Bonchev–Trinajstić information content (AvgIpc) is 2.24. The summed E-state index contributed by atoms with van der Waals surface area (Å²) in [6.07, 6.45) is 0. The number of hydrogen-bond donors (Lipinski definition) is 1. The molecule has 0 saturated carbocycles. The predicted molar refractivity (Wildman–Crippen MR) is 59.0 cm³/mol. The minimum absolute atomic E-state index is 0. The Balaban J connectivity index is -0.000000258. The van der Waals surface area contributed by atoms with Crippen LogP contribution < -0.4 is 0 Å². The van der Waals surface area contributed by atoms with E-state index in [9.17, 15) is 8.42 Å². The van der Waals surface area contributed by atoms with Crippen LogP contribution in [0.3, 0.4) is 0 Å². The zero-order chi connectivity index (χ0) is 11.6. The van der Waals surface area contributed by atoms with E-state index in [2.05, 4.69) is 0 Å². The van der Waals surface area contributed by atoms with Crippen molar-refractivity contribution in [2.75, 3.05) is 0 Å². The molecule has 0 atom stereocenters. The van der Waals surface area contributed by atoms with Gasteiger partial charge in [-0.3, -0.25) is 4.55 Å². The van der Waals surface area contributed by atoms with Crippen molar-refractivity contribution >= 4 is 10.1 Å². The average molecular weight is 307 g/mol. The van der Waals surface area contributed by atoms with Gasteiger partial charge in [-0.15, -0.1) is 0 Å². The second-order valence-corrected chi connectivity index (χ2v) is 3.21. The van der Waals surface area contributed by atoms with E-state index in [1.807, 2.05) is 27.7 Å². The smallest absolute Gasteiger partial charge is 0.282 e. The molecule has 15 heavy (non-hydrogen) atoms. The van der Waals surface area contributed by atoms with E-state index in [1.54, 1.807) is 18.2 Å². The standard InChI is InChI=1S/C6H6O3S.2C2H6.Y/c7-10(8,9)6-4-2-1-3-5-6;2*1-2;/h1-5H,(H,7,8,9);2*1-2H3;. The first-order valence-electron chi connectivity index (χ1n) is 4.63. The summed E-state index contributed by atoms with van der Waals surface area (Å²) in [4.78, 5) is -0.0741. The number of hydrogen-bond acceptors (Lipinski definition) is 2. The molecule has 0 saturated heterocycles. The summed E-state index contributed by atoms with van der Waals surface area (Å²) in [5.74, 6) is 0. The van der Waals surface area contributed by atoms with Gasteiger partial charge in [0, 0.05) is 32.7 Å². The Morgan fingerprint density at radius 1 is 0.933 bits per heavy atom. The normalized spacial score (nSPS) is 8.33. The first-order valence-corrected chi connectivity index (χ1v) is 6.07.